The molecule has 0 N–H and O–H groups in total. The zero-order chi connectivity index (χ0) is 19.1. The molecule has 0 bridgehead atoms. The van der Waals surface area contributed by atoms with Crippen LogP contribution < -0.4 is 4.90 Å². The number of pyridine rings is 1. The van der Waals surface area contributed by atoms with Crippen molar-refractivity contribution >= 4 is 11.5 Å². The van der Waals surface area contributed by atoms with E-state index in [1.54, 1.807) is 16.8 Å². The number of nitrogens with zero attached hydrogens (tertiary/aromatic N) is 6. The van der Waals surface area contributed by atoms with Gasteiger partial charge < -0.3 is 9.30 Å². The standard InChI is InChI=1S/C21H25FN6/c1-15-10-21(24-14-23-15)28(18-3-4-18)19-6-8-26(9-7-19)12-17-13-27-11-16(22)2-5-20(27)25-17/h2,5,10-11,13-14,18-19H,3-4,6-9,12H2,1H3. The summed E-state index contributed by atoms with van der Waals surface area (Å²) >= 11 is 0. The predicted octanol–water partition coefficient (Wildman–Crippen LogP) is 3.21. The number of aryl methyl sites for hydroxylation is 1. The minimum atomic E-state index is -0.239. The summed E-state index contributed by atoms with van der Waals surface area (Å²) in [7, 11) is 0. The number of likely N-dealkylation sites (tertiary alicyclic amines) is 1. The number of imidazole rings is 1. The lowest BCUT2D eigenvalue weighted by atomic mass is 10.0. The molecule has 4 heterocycles. The Balaban J connectivity index is 1.25. The van der Waals surface area contributed by atoms with E-state index in [0.29, 0.717) is 12.1 Å². The van der Waals surface area contributed by atoms with E-state index in [2.05, 4.69) is 30.8 Å². The molecule has 3 aromatic heterocycles. The van der Waals surface area contributed by atoms with Gasteiger partial charge >= 0.3 is 0 Å². The molecule has 0 unspecified atom stereocenters. The Morgan fingerprint density at radius 1 is 1.07 bits per heavy atom. The monoisotopic (exact) mass is 380 g/mol. The summed E-state index contributed by atoms with van der Waals surface area (Å²) in [6, 6.07) is 6.47. The van der Waals surface area contributed by atoms with E-state index in [4.69, 9.17) is 0 Å². The predicted molar refractivity (Wildman–Crippen MR) is 106 cm³/mol. The van der Waals surface area contributed by atoms with Crippen molar-refractivity contribution in [2.75, 3.05) is 18.0 Å². The van der Waals surface area contributed by atoms with E-state index >= 15 is 0 Å². The van der Waals surface area contributed by atoms with E-state index in [1.165, 1.54) is 25.1 Å². The third-order valence-electron chi connectivity index (χ3n) is 5.80. The molecule has 5 rings (SSSR count). The first-order valence-electron chi connectivity index (χ1n) is 10.1. The first-order valence-corrected chi connectivity index (χ1v) is 10.1. The number of hydrogen-bond donors (Lipinski definition) is 0. The fourth-order valence-corrected chi connectivity index (χ4v) is 4.28. The Hall–Kier alpha value is -2.54. The van der Waals surface area contributed by atoms with Crippen LogP contribution in [-0.2, 0) is 6.54 Å². The van der Waals surface area contributed by atoms with Crippen molar-refractivity contribution in [2.24, 2.45) is 0 Å². The molecule has 1 saturated heterocycles. The number of aromatic nitrogens is 4. The Morgan fingerprint density at radius 2 is 1.86 bits per heavy atom. The van der Waals surface area contributed by atoms with Gasteiger partial charge in [-0.1, -0.05) is 0 Å². The molecule has 6 nitrogen and oxygen atoms in total. The molecule has 2 fully saturated rings. The first-order chi connectivity index (χ1) is 13.7. The number of hydrogen-bond acceptors (Lipinski definition) is 5. The number of rotatable bonds is 5. The van der Waals surface area contributed by atoms with Crippen molar-refractivity contribution in [3.63, 3.8) is 0 Å². The maximum Gasteiger partial charge on any atom is 0.139 e. The molecule has 1 saturated carbocycles. The molecule has 2 aliphatic rings. The number of fused-ring (bicyclic) bond motifs is 1. The van der Waals surface area contributed by atoms with Gasteiger partial charge in [0.15, 0.2) is 0 Å². The van der Waals surface area contributed by atoms with Crippen LogP contribution in [0.2, 0.25) is 0 Å². The highest BCUT2D eigenvalue weighted by Crippen LogP contribution is 2.35. The topological polar surface area (TPSA) is 49.6 Å². The second kappa shape index (κ2) is 7.13. The van der Waals surface area contributed by atoms with Gasteiger partial charge in [-0.15, -0.1) is 0 Å². The van der Waals surface area contributed by atoms with Crippen LogP contribution in [0.1, 0.15) is 37.1 Å². The average molecular weight is 380 g/mol. The number of halogens is 1. The Bertz CT molecular complexity index is 974. The van der Waals surface area contributed by atoms with E-state index in [0.717, 1.165) is 55.3 Å². The van der Waals surface area contributed by atoms with Crippen molar-refractivity contribution in [2.45, 2.75) is 51.2 Å². The second-order valence-corrected chi connectivity index (χ2v) is 8.01. The summed E-state index contributed by atoms with van der Waals surface area (Å²) in [5.74, 6) is 0.841. The Morgan fingerprint density at radius 3 is 2.61 bits per heavy atom. The van der Waals surface area contributed by atoms with Gasteiger partial charge in [-0.3, -0.25) is 4.90 Å². The number of anilines is 1. The molecule has 0 spiro atoms. The van der Waals surface area contributed by atoms with Gasteiger partial charge in [0.1, 0.15) is 23.6 Å². The van der Waals surface area contributed by atoms with Gasteiger partial charge in [0.25, 0.3) is 0 Å². The van der Waals surface area contributed by atoms with E-state index in [-0.39, 0.29) is 5.82 Å². The lowest BCUT2D eigenvalue weighted by molar-refractivity contribution is 0.198. The van der Waals surface area contributed by atoms with Gasteiger partial charge in [-0.05, 0) is 44.7 Å². The summed E-state index contributed by atoms with van der Waals surface area (Å²) < 4.78 is 15.2. The fourth-order valence-electron chi connectivity index (χ4n) is 4.28. The summed E-state index contributed by atoms with van der Waals surface area (Å²) in [4.78, 5) is 18.4. The molecule has 1 aliphatic heterocycles. The highest BCUT2D eigenvalue weighted by Gasteiger charge is 2.36. The first kappa shape index (κ1) is 17.6. The van der Waals surface area contributed by atoms with Crippen LogP contribution in [0.3, 0.4) is 0 Å². The van der Waals surface area contributed by atoms with Crippen LogP contribution >= 0.6 is 0 Å². The summed E-state index contributed by atoms with van der Waals surface area (Å²) in [5, 5.41) is 0. The van der Waals surface area contributed by atoms with Crippen LogP contribution in [0.25, 0.3) is 5.65 Å². The van der Waals surface area contributed by atoms with Crippen LogP contribution in [0.5, 0.6) is 0 Å². The lowest BCUT2D eigenvalue weighted by Gasteiger charge is -2.39. The van der Waals surface area contributed by atoms with Crippen LogP contribution in [0.4, 0.5) is 10.2 Å². The molecule has 0 atom stereocenters. The second-order valence-electron chi connectivity index (χ2n) is 8.01. The van der Waals surface area contributed by atoms with Crippen molar-refractivity contribution in [1.29, 1.82) is 0 Å². The summed E-state index contributed by atoms with van der Waals surface area (Å²) in [5.41, 5.74) is 2.82. The highest BCUT2D eigenvalue weighted by atomic mass is 19.1. The van der Waals surface area contributed by atoms with Gasteiger partial charge in [-0.25, -0.2) is 19.3 Å². The van der Waals surface area contributed by atoms with Crippen molar-refractivity contribution < 1.29 is 4.39 Å². The quantitative estimate of drug-likeness (QED) is 0.680. The third kappa shape index (κ3) is 3.58. The minimum Gasteiger partial charge on any atom is -0.350 e. The maximum absolute atomic E-state index is 13.4. The number of piperidine rings is 1. The van der Waals surface area contributed by atoms with Gasteiger partial charge in [0.2, 0.25) is 0 Å². The van der Waals surface area contributed by atoms with E-state index in [9.17, 15) is 4.39 Å². The fraction of sp³-hybridized carbons (Fsp3) is 0.476. The van der Waals surface area contributed by atoms with Crippen molar-refractivity contribution in [3.8, 4) is 0 Å². The molecule has 3 aromatic rings. The van der Waals surface area contributed by atoms with Gasteiger partial charge in [0.05, 0.1) is 5.69 Å². The van der Waals surface area contributed by atoms with Crippen molar-refractivity contribution in [3.05, 3.63) is 54.1 Å². The maximum atomic E-state index is 13.4. The molecule has 7 heteroatoms. The molecule has 0 radical (unpaired) electrons. The Labute approximate surface area is 164 Å². The molecule has 28 heavy (non-hydrogen) atoms. The summed E-state index contributed by atoms with van der Waals surface area (Å²) in [6.45, 7) is 4.92. The molecular weight excluding hydrogens is 355 g/mol. The van der Waals surface area contributed by atoms with Gasteiger partial charge in [-0.2, -0.15) is 0 Å². The third-order valence-corrected chi connectivity index (χ3v) is 5.80. The SMILES string of the molecule is Cc1cc(N(C2CC2)C2CCN(Cc3cn4cc(F)ccc4n3)CC2)ncn1. The smallest absolute Gasteiger partial charge is 0.139 e. The van der Waals surface area contributed by atoms with Gasteiger partial charge in [0, 0.05) is 55.9 Å². The minimum absolute atomic E-state index is 0.239. The molecular formula is C21H25FN6. The molecule has 1 aliphatic carbocycles. The van der Waals surface area contributed by atoms with Crippen molar-refractivity contribution in [1.82, 2.24) is 24.3 Å². The zero-order valence-corrected chi connectivity index (χ0v) is 16.1. The molecule has 146 valence electrons. The van der Waals surface area contributed by atoms with Crippen LogP contribution in [0, 0.1) is 12.7 Å². The Kier molecular flexibility index (Phi) is 4.47. The molecule has 0 amide bonds. The average Bonchev–Trinajstić information content (AvgIpc) is 3.43. The largest absolute Gasteiger partial charge is 0.350 e. The highest BCUT2D eigenvalue weighted by molar-refractivity contribution is 5.43. The van der Waals surface area contributed by atoms with Crippen LogP contribution in [0.15, 0.2) is 36.9 Å². The molecule has 0 aromatic carbocycles. The summed E-state index contributed by atoms with van der Waals surface area (Å²) in [6.07, 6.45) is 9.88. The van der Waals surface area contributed by atoms with E-state index in [1.807, 2.05) is 13.1 Å². The normalized spacial score (nSPS) is 18.6. The zero-order valence-electron chi connectivity index (χ0n) is 16.1. The van der Waals surface area contributed by atoms with Crippen LogP contribution in [-0.4, -0.2) is 49.4 Å². The van der Waals surface area contributed by atoms with E-state index < -0.39 is 0 Å². The lowest BCUT2D eigenvalue weighted by Crippen LogP contribution is -2.46.